The zero-order valence-electron chi connectivity index (χ0n) is 11.0. The standard InChI is InChI=1S/C12H21N5O2/c13-5-7-16-8-11(14-15-16)12(19)17-6-3-1-2-4-10(17)9-18/h8,10,18H,1-7,9,13H2. The van der Waals surface area contributed by atoms with Gasteiger partial charge in [-0.1, -0.05) is 18.1 Å². The van der Waals surface area contributed by atoms with Crippen LogP contribution in [0, 0.1) is 0 Å². The van der Waals surface area contributed by atoms with E-state index < -0.39 is 0 Å². The molecule has 7 nitrogen and oxygen atoms in total. The van der Waals surface area contributed by atoms with Crippen molar-refractivity contribution in [1.29, 1.82) is 0 Å². The highest BCUT2D eigenvalue weighted by Gasteiger charge is 2.27. The van der Waals surface area contributed by atoms with Gasteiger partial charge in [-0.15, -0.1) is 5.10 Å². The zero-order valence-corrected chi connectivity index (χ0v) is 11.0. The zero-order chi connectivity index (χ0) is 13.7. The van der Waals surface area contributed by atoms with Gasteiger partial charge in [0.25, 0.3) is 5.91 Å². The minimum atomic E-state index is -0.149. The quantitative estimate of drug-likeness (QED) is 0.774. The Labute approximate surface area is 112 Å². The molecule has 0 radical (unpaired) electrons. The summed E-state index contributed by atoms with van der Waals surface area (Å²) >= 11 is 0. The highest BCUT2D eigenvalue weighted by molar-refractivity contribution is 5.92. The van der Waals surface area contributed by atoms with Crippen LogP contribution in [0.1, 0.15) is 36.2 Å². The molecule has 19 heavy (non-hydrogen) atoms. The fourth-order valence-corrected chi connectivity index (χ4v) is 2.42. The summed E-state index contributed by atoms with van der Waals surface area (Å²) in [4.78, 5) is 14.1. The Morgan fingerprint density at radius 2 is 2.32 bits per heavy atom. The molecule has 2 heterocycles. The summed E-state index contributed by atoms with van der Waals surface area (Å²) in [6, 6.07) is -0.102. The lowest BCUT2D eigenvalue weighted by atomic mass is 10.1. The van der Waals surface area contributed by atoms with Crippen molar-refractivity contribution in [3.05, 3.63) is 11.9 Å². The maximum absolute atomic E-state index is 12.4. The fourth-order valence-electron chi connectivity index (χ4n) is 2.42. The normalized spacial score (nSPS) is 20.3. The first-order chi connectivity index (χ1) is 9.26. The van der Waals surface area contributed by atoms with E-state index in [-0.39, 0.29) is 18.6 Å². The lowest BCUT2D eigenvalue weighted by Gasteiger charge is -2.27. The number of aliphatic hydroxyl groups excluding tert-OH is 1. The first kappa shape index (κ1) is 14.0. The van der Waals surface area contributed by atoms with Gasteiger partial charge in [-0.2, -0.15) is 0 Å². The Morgan fingerprint density at radius 1 is 1.47 bits per heavy atom. The minimum Gasteiger partial charge on any atom is -0.394 e. The molecule has 0 saturated carbocycles. The molecule has 7 heteroatoms. The molecule has 0 aromatic carbocycles. The van der Waals surface area contributed by atoms with Crippen LogP contribution in [-0.4, -0.2) is 56.6 Å². The third-order valence-corrected chi connectivity index (χ3v) is 3.46. The summed E-state index contributed by atoms with van der Waals surface area (Å²) in [5.74, 6) is -0.149. The summed E-state index contributed by atoms with van der Waals surface area (Å²) in [6.45, 7) is 1.68. The predicted molar refractivity (Wildman–Crippen MR) is 69.5 cm³/mol. The Bertz CT molecular complexity index is 420. The van der Waals surface area contributed by atoms with Crippen LogP contribution in [0.25, 0.3) is 0 Å². The number of likely N-dealkylation sites (tertiary alicyclic amines) is 1. The Balaban J connectivity index is 2.10. The largest absolute Gasteiger partial charge is 0.394 e. The van der Waals surface area contributed by atoms with Crippen LogP contribution in [0.4, 0.5) is 0 Å². The monoisotopic (exact) mass is 267 g/mol. The summed E-state index contributed by atoms with van der Waals surface area (Å²) in [5, 5.41) is 17.2. The number of carbonyl (C=O) groups is 1. The van der Waals surface area contributed by atoms with E-state index in [0.717, 1.165) is 25.7 Å². The molecule has 0 spiro atoms. The molecule has 1 aliphatic heterocycles. The van der Waals surface area contributed by atoms with E-state index in [4.69, 9.17) is 5.73 Å². The Kier molecular flexibility index (Phi) is 4.86. The van der Waals surface area contributed by atoms with Gasteiger partial charge in [0.15, 0.2) is 5.69 Å². The maximum Gasteiger partial charge on any atom is 0.276 e. The number of aliphatic hydroxyl groups is 1. The van der Waals surface area contributed by atoms with Gasteiger partial charge in [-0.05, 0) is 12.8 Å². The first-order valence-corrected chi connectivity index (χ1v) is 6.78. The molecule has 1 aromatic rings. The number of nitrogens with two attached hydrogens (primary N) is 1. The minimum absolute atomic E-state index is 0.00266. The molecule has 1 unspecified atom stereocenters. The van der Waals surface area contributed by atoms with Crippen molar-refractivity contribution in [2.45, 2.75) is 38.3 Å². The number of carbonyl (C=O) groups excluding carboxylic acids is 1. The smallest absolute Gasteiger partial charge is 0.276 e. The molecular formula is C12H21N5O2. The van der Waals surface area contributed by atoms with Crippen molar-refractivity contribution in [3.63, 3.8) is 0 Å². The second kappa shape index (κ2) is 6.63. The molecule has 0 aliphatic carbocycles. The summed E-state index contributed by atoms with van der Waals surface area (Å²) < 4.78 is 1.57. The van der Waals surface area contributed by atoms with E-state index in [0.29, 0.717) is 25.3 Å². The summed E-state index contributed by atoms with van der Waals surface area (Å²) in [7, 11) is 0. The molecule has 106 valence electrons. The molecule has 2 rings (SSSR count). The molecule has 3 N–H and O–H groups in total. The van der Waals surface area contributed by atoms with E-state index in [9.17, 15) is 9.90 Å². The second-order valence-corrected chi connectivity index (χ2v) is 4.84. The van der Waals surface area contributed by atoms with Crippen LogP contribution < -0.4 is 5.73 Å². The fraction of sp³-hybridized carbons (Fsp3) is 0.750. The SMILES string of the molecule is NCCn1cc(C(=O)N2CCCCCC2CO)nn1. The van der Waals surface area contributed by atoms with Crippen molar-refractivity contribution in [3.8, 4) is 0 Å². The van der Waals surface area contributed by atoms with E-state index in [1.807, 2.05) is 0 Å². The van der Waals surface area contributed by atoms with Crippen LogP contribution in [0.15, 0.2) is 6.20 Å². The van der Waals surface area contributed by atoms with Crippen LogP contribution in [0.3, 0.4) is 0 Å². The molecule has 1 saturated heterocycles. The third kappa shape index (κ3) is 3.30. The van der Waals surface area contributed by atoms with E-state index >= 15 is 0 Å². The van der Waals surface area contributed by atoms with Crippen molar-refractivity contribution >= 4 is 5.91 Å². The van der Waals surface area contributed by atoms with E-state index in [1.165, 1.54) is 0 Å². The third-order valence-electron chi connectivity index (χ3n) is 3.46. The molecule has 1 atom stereocenters. The summed E-state index contributed by atoms with van der Waals surface area (Å²) in [5.41, 5.74) is 5.76. The van der Waals surface area contributed by atoms with E-state index in [1.54, 1.807) is 15.8 Å². The number of nitrogens with zero attached hydrogens (tertiary/aromatic N) is 4. The van der Waals surface area contributed by atoms with Crippen molar-refractivity contribution in [2.75, 3.05) is 19.7 Å². The predicted octanol–water partition coefficient (Wildman–Crippen LogP) is -0.386. The van der Waals surface area contributed by atoms with Gasteiger partial charge < -0.3 is 15.7 Å². The molecule has 1 aliphatic rings. The lowest BCUT2D eigenvalue weighted by molar-refractivity contribution is 0.0594. The van der Waals surface area contributed by atoms with Crippen molar-refractivity contribution in [1.82, 2.24) is 19.9 Å². The average molecular weight is 267 g/mol. The van der Waals surface area contributed by atoms with Crippen molar-refractivity contribution < 1.29 is 9.90 Å². The van der Waals surface area contributed by atoms with Gasteiger partial charge in [0.1, 0.15) is 0 Å². The topological polar surface area (TPSA) is 97.3 Å². The van der Waals surface area contributed by atoms with Crippen molar-refractivity contribution in [2.24, 2.45) is 5.73 Å². The molecule has 1 fully saturated rings. The molecule has 1 aromatic heterocycles. The highest BCUT2D eigenvalue weighted by Crippen LogP contribution is 2.18. The van der Waals surface area contributed by atoms with Gasteiger partial charge in [0.05, 0.1) is 25.4 Å². The van der Waals surface area contributed by atoms with Crippen LogP contribution in [-0.2, 0) is 6.54 Å². The second-order valence-electron chi connectivity index (χ2n) is 4.84. The molecular weight excluding hydrogens is 246 g/mol. The van der Waals surface area contributed by atoms with Gasteiger partial charge in [-0.3, -0.25) is 9.48 Å². The van der Waals surface area contributed by atoms with Crippen LogP contribution >= 0.6 is 0 Å². The van der Waals surface area contributed by atoms with Gasteiger partial charge in [0, 0.05) is 13.1 Å². The average Bonchev–Trinajstić information content (AvgIpc) is 2.75. The lowest BCUT2D eigenvalue weighted by Crippen LogP contribution is -2.42. The number of hydrogen-bond donors (Lipinski definition) is 2. The highest BCUT2D eigenvalue weighted by atomic mass is 16.3. The van der Waals surface area contributed by atoms with Crippen LogP contribution in [0.2, 0.25) is 0 Å². The number of hydrogen-bond acceptors (Lipinski definition) is 5. The van der Waals surface area contributed by atoms with Gasteiger partial charge >= 0.3 is 0 Å². The van der Waals surface area contributed by atoms with Gasteiger partial charge in [-0.25, -0.2) is 0 Å². The van der Waals surface area contributed by atoms with Gasteiger partial charge in [0.2, 0.25) is 0 Å². The first-order valence-electron chi connectivity index (χ1n) is 6.78. The Hall–Kier alpha value is -1.47. The van der Waals surface area contributed by atoms with E-state index in [2.05, 4.69) is 10.3 Å². The number of amides is 1. The number of rotatable bonds is 4. The van der Waals surface area contributed by atoms with Crippen LogP contribution in [0.5, 0.6) is 0 Å². The summed E-state index contributed by atoms with van der Waals surface area (Å²) in [6.07, 6.45) is 5.59. The number of aromatic nitrogens is 3. The molecule has 1 amide bonds. The molecule has 0 bridgehead atoms. The Morgan fingerprint density at radius 3 is 3.05 bits per heavy atom. The maximum atomic E-state index is 12.4.